The zero-order valence-corrected chi connectivity index (χ0v) is 11.7. The van der Waals surface area contributed by atoms with Crippen LogP contribution in [-0.2, 0) is 9.53 Å². The van der Waals surface area contributed by atoms with Gasteiger partial charge >= 0.3 is 0 Å². The smallest absolute Gasteiger partial charge is 0.234 e. The van der Waals surface area contributed by atoms with Crippen molar-refractivity contribution in [3.05, 3.63) is 29.8 Å². The largest absolute Gasteiger partial charge is 0.508 e. The number of nitrogens with zero attached hydrogens (tertiary/aromatic N) is 1. The normalized spacial score (nSPS) is 12.4. The minimum Gasteiger partial charge on any atom is -0.508 e. The maximum atomic E-state index is 11.7. The number of rotatable bonds is 7. The van der Waals surface area contributed by atoms with Crippen LogP contribution in [0.3, 0.4) is 0 Å². The highest BCUT2D eigenvalue weighted by Crippen LogP contribution is 2.26. The third-order valence-electron chi connectivity index (χ3n) is 3.07. The Balaban J connectivity index is 2.51. The van der Waals surface area contributed by atoms with E-state index in [4.69, 9.17) is 4.74 Å². The van der Waals surface area contributed by atoms with Crippen LogP contribution in [0, 0.1) is 0 Å². The lowest BCUT2D eigenvalue weighted by molar-refractivity contribution is -0.122. The van der Waals surface area contributed by atoms with E-state index in [0.717, 1.165) is 5.56 Å². The van der Waals surface area contributed by atoms with Crippen molar-refractivity contribution in [2.24, 2.45) is 0 Å². The lowest BCUT2D eigenvalue weighted by Crippen LogP contribution is -2.37. The molecule has 1 amide bonds. The van der Waals surface area contributed by atoms with Crippen molar-refractivity contribution in [1.29, 1.82) is 0 Å². The minimum atomic E-state index is -0.0539. The molecule has 2 N–H and O–H groups in total. The third-order valence-corrected chi connectivity index (χ3v) is 3.07. The van der Waals surface area contributed by atoms with Crippen molar-refractivity contribution in [3.63, 3.8) is 0 Å². The number of hydrogen-bond acceptors (Lipinski definition) is 4. The number of phenols is 1. The molecule has 1 atom stereocenters. The fraction of sp³-hybridized carbons (Fsp3) is 0.500. The molecule has 0 aliphatic rings. The van der Waals surface area contributed by atoms with E-state index in [2.05, 4.69) is 5.32 Å². The van der Waals surface area contributed by atoms with Gasteiger partial charge in [0.1, 0.15) is 5.75 Å². The number of carbonyl (C=O) groups is 1. The maximum absolute atomic E-state index is 11.7. The Kier molecular flexibility index (Phi) is 6.32. The van der Waals surface area contributed by atoms with E-state index in [1.165, 1.54) is 0 Å². The standard InChI is InChI=1S/C14H22N2O3/c1-11(12-6-4-5-7-13(12)17)16(2)10-14(18)15-8-9-19-3/h4-7,11,17H,8-10H2,1-3H3,(H,15,18). The number of aromatic hydroxyl groups is 1. The predicted molar refractivity (Wildman–Crippen MR) is 74.0 cm³/mol. The Hall–Kier alpha value is -1.59. The van der Waals surface area contributed by atoms with Gasteiger partial charge < -0.3 is 15.2 Å². The molecule has 5 heteroatoms. The van der Waals surface area contributed by atoms with Crippen LogP contribution in [0.2, 0.25) is 0 Å². The molecule has 0 saturated carbocycles. The first kappa shape index (κ1) is 15.5. The number of para-hydroxylation sites is 1. The number of likely N-dealkylation sites (N-methyl/N-ethyl adjacent to an activating group) is 1. The van der Waals surface area contributed by atoms with Crippen molar-refractivity contribution in [3.8, 4) is 5.75 Å². The van der Waals surface area contributed by atoms with Crippen molar-refractivity contribution >= 4 is 5.91 Å². The lowest BCUT2D eigenvalue weighted by Gasteiger charge is -2.25. The molecule has 1 aromatic carbocycles. The summed E-state index contributed by atoms with van der Waals surface area (Å²) in [6, 6.07) is 7.13. The monoisotopic (exact) mass is 266 g/mol. The number of carbonyl (C=O) groups excluding carboxylic acids is 1. The van der Waals surface area contributed by atoms with Gasteiger partial charge in [0, 0.05) is 25.3 Å². The van der Waals surface area contributed by atoms with Gasteiger partial charge in [0.05, 0.1) is 13.2 Å². The van der Waals surface area contributed by atoms with E-state index in [0.29, 0.717) is 13.2 Å². The summed E-state index contributed by atoms with van der Waals surface area (Å²) in [5.41, 5.74) is 0.815. The average Bonchev–Trinajstić information content (AvgIpc) is 2.38. The Bertz CT molecular complexity index is 409. The van der Waals surface area contributed by atoms with Gasteiger partial charge in [0.25, 0.3) is 0 Å². The SMILES string of the molecule is COCCNC(=O)CN(C)C(C)c1ccccc1O. The first-order valence-electron chi connectivity index (χ1n) is 6.30. The topological polar surface area (TPSA) is 61.8 Å². The average molecular weight is 266 g/mol. The molecule has 0 aromatic heterocycles. The molecule has 1 aromatic rings. The molecule has 106 valence electrons. The highest BCUT2D eigenvalue weighted by molar-refractivity contribution is 5.78. The summed E-state index contributed by atoms with van der Waals surface area (Å²) in [6.45, 7) is 3.25. The summed E-state index contributed by atoms with van der Waals surface area (Å²) >= 11 is 0. The number of ether oxygens (including phenoxy) is 1. The van der Waals surface area contributed by atoms with Crippen molar-refractivity contribution < 1.29 is 14.6 Å². The van der Waals surface area contributed by atoms with Gasteiger partial charge in [-0.3, -0.25) is 9.69 Å². The number of hydrogen-bond donors (Lipinski definition) is 2. The van der Waals surface area contributed by atoms with Crippen molar-refractivity contribution in [1.82, 2.24) is 10.2 Å². The van der Waals surface area contributed by atoms with Crippen LogP contribution in [0.25, 0.3) is 0 Å². The van der Waals surface area contributed by atoms with Crippen LogP contribution in [0.1, 0.15) is 18.5 Å². The van der Waals surface area contributed by atoms with Crippen molar-refractivity contribution in [2.45, 2.75) is 13.0 Å². The molecule has 0 aliphatic heterocycles. The van der Waals surface area contributed by atoms with Crippen LogP contribution in [0.15, 0.2) is 24.3 Å². The van der Waals surface area contributed by atoms with Crippen LogP contribution >= 0.6 is 0 Å². The lowest BCUT2D eigenvalue weighted by atomic mass is 10.1. The van der Waals surface area contributed by atoms with E-state index in [1.54, 1.807) is 19.2 Å². The molecular formula is C14H22N2O3. The highest BCUT2D eigenvalue weighted by atomic mass is 16.5. The van der Waals surface area contributed by atoms with Gasteiger partial charge in [0.2, 0.25) is 5.91 Å². The first-order valence-corrected chi connectivity index (χ1v) is 6.30. The Morgan fingerprint density at radius 1 is 1.47 bits per heavy atom. The molecule has 0 radical (unpaired) electrons. The van der Waals surface area contributed by atoms with Crippen LogP contribution in [-0.4, -0.2) is 49.8 Å². The summed E-state index contributed by atoms with van der Waals surface area (Å²) in [5, 5.41) is 12.6. The van der Waals surface area contributed by atoms with Gasteiger partial charge in [-0.1, -0.05) is 18.2 Å². The molecule has 0 aliphatic carbocycles. The zero-order chi connectivity index (χ0) is 14.3. The zero-order valence-electron chi connectivity index (χ0n) is 11.7. The second-order valence-corrected chi connectivity index (χ2v) is 4.49. The molecule has 0 spiro atoms. The summed E-state index contributed by atoms with van der Waals surface area (Å²) < 4.78 is 4.87. The van der Waals surface area contributed by atoms with Crippen LogP contribution in [0.5, 0.6) is 5.75 Å². The molecule has 0 saturated heterocycles. The molecule has 0 bridgehead atoms. The summed E-state index contributed by atoms with van der Waals surface area (Å²) in [7, 11) is 3.45. The van der Waals surface area contributed by atoms with Crippen LogP contribution in [0.4, 0.5) is 0 Å². The Morgan fingerprint density at radius 2 is 2.16 bits per heavy atom. The van der Waals surface area contributed by atoms with E-state index in [-0.39, 0.29) is 24.2 Å². The molecule has 1 unspecified atom stereocenters. The molecule has 0 fully saturated rings. The summed E-state index contributed by atoms with van der Waals surface area (Å²) in [5.74, 6) is 0.198. The quantitative estimate of drug-likeness (QED) is 0.727. The van der Waals surface area contributed by atoms with E-state index < -0.39 is 0 Å². The summed E-state index contributed by atoms with van der Waals surface area (Å²) in [4.78, 5) is 13.6. The van der Waals surface area contributed by atoms with Gasteiger partial charge in [-0.25, -0.2) is 0 Å². The van der Waals surface area contributed by atoms with Crippen LogP contribution < -0.4 is 5.32 Å². The van der Waals surface area contributed by atoms with E-state index in [9.17, 15) is 9.90 Å². The minimum absolute atomic E-state index is 0.0330. The van der Waals surface area contributed by atoms with E-state index in [1.807, 2.05) is 31.0 Å². The summed E-state index contributed by atoms with van der Waals surface area (Å²) in [6.07, 6.45) is 0. The predicted octanol–water partition coefficient (Wildman–Crippen LogP) is 1.15. The Morgan fingerprint density at radius 3 is 2.79 bits per heavy atom. The van der Waals surface area contributed by atoms with Gasteiger partial charge in [-0.05, 0) is 20.0 Å². The fourth-order valence-corrected chi connectivity index (χ4v) is 1.79. The highest BCUT2D eigenvalue weighted by Gasteiger charge is 2.16. The number of amides is 1. The van der Waals surface area contributed by atoms with Gasteiger partial charge in [-0.2, -0.15) is 0 Å². The number of benzene rings is 1. The Labute approximate surface area is 114 Å². The number of phenolic OH excluding ortho intramolecular Hbond substituents is 1. The van der Waals surface area contributed by atoms with Crippen molar-refractivity contribution in [2.75, 3.05) is 33.9 Å². The molecule has 0 heterocycles. The number of methoxy groups -OCH3 is 1. The van der Waals surface area contributed by atoms with Gasteiger partial charge in [0.15, 0.2) is 0 Å². The second kappa shape index (κ2) is 7.76. The number of nitrogens with one attached hydrogen (secondary N) is 1. The van der Waals surface area contributed by atoms with E-state index >= 15 is 0 Å². The molecule has 5 nitrogen and oxygen atoms in total. The van der Waals surface area contributed by atoms with Gasteiger partial charge in [-0.15, -0.1) is 0 Å². The third kappa shape index (κ3) is 4.89. The molecular weight excluding hydrogens is 244 g/mol. The molecule has 19 heavy (non-hydrogen) atoms. The maximum Gasteiger partial charge on any atom is 0.234 e. The fourth-order valence-electron chi connectivity index (χ4n) is 1.79. The molecule has 1 rings (SSSR count). The second-order valence-electron chi connectivity index (χ2n) is 4.49. The first-order chi connectivity index (χ1) is 9.06.